The van der Waals surface area contributed by atoms with Crippen molar-refractivity contribution in [2.45, 2.75) is 13.8 Å². The van der Waals surface area contributed by atoms with E-state index >= 15 is 0 Å². The van der Waals surface area contributed by atoms with Crippen LogP contribution in [-0.4, -0.2) is 35.1 Å². The number of ether oxygens (including phenoxy) is 1. The number of rotatable bonds is 7. The summed E-state index contributed by atoms with van der Waals surface area (Å²) in [5, 5.41) is 2.29. The molecule has 3 rings (SSSR count). The van der Waals surface area contributed by atoms with Crippen molar-refractivity contribution in [3.63, 3.8) is 0 Å². The van der Waals surface area contributed by atoms with E-state index in [0.29, 0.717) is 18.0 Å². The molecule has 0 aromatic heterocycles. The van der Waals surface area contributed by atoms with Crippen molar-refractivity contribution in [3.8, 4) is 5.75 Å². The van der Waals surface area contributed by atoms with Crippen molar-refractivity contribution in [3.05, 3.63) is 76.7 Å². The number of thioether (sulfide) groups is 1. The first-order valence-electron chi connectivity index (χ1n) is 9.33. The van der Waals surface area contributed by atoms with Gasteiger partial charge in [0.2, 0.25) is 5.91 Å². The van der Waals surface area contributed by atoms with Gasteiger partial charge in [0.15, 0.2) is 0 Å². The molecule has 6 nitrogen and oxygen atoms in total. The van der Waals surface area contributed by atoms with E-state index in [-0.39, 0.29) is 11.4 Å². The first-order valence-corrected chi connectivity index (χ1v) is 10.2. The Labute approximate surface area is 179 Å². The van der Waals surface area contributed by atoms with Gasteiger partial charge in [0.05, 0.1) is 4.91 Å². The number of aryl methyl sites for hydroxylation is 2. The van der Waals surface area contributed by atoms with Crippen molar-refractivity contribution in [1.82, 2.24) is 4.90 Å². The molecular formula is C23H22N2O4S. The van der Waals surface area contributed by atoms with Gasteiger partial charge in [-0.05, 0) is 61.0 Å². The smallest absolute Gasteiger partial charge is 0.294 e. The van der Waals surface area contributed by atoms with Crippen LogP contribution < -0.4 is 10.1 Å². The summed E-state index contributed by atoms with van der Waals surface area (Å²) in [5.74, 6) is -0.278. The quantitative estimate of drug-likeness (QED) is 0.524. The maximum Gasteiger partial charge on any atom is 0.294 e. The van der Waals surface area contributed by atoms with E-state index in [4.69, 9.17) is 4.74 Å². The Morgan fingerprint density at radius 1 is 1.20 bits per heavy atom. The highest BCUT2D eigenvalue weighted by atomic mass is 32.2. The van der Waals surface area contributed by atoms with Gasteiger partial charge in [-0.1, -0.05) is 42.5 Å². The summed E-state index contributed by atoms with van der Waals surface area (Å²) in [7, 11) is 0. The standard InChI is InChI=1S/C23H22N2O4S/c1-4-10-29-18-7-5-6-17(12-18)13-20-22(27)25(23(28)30-20)14-21(26)24-19-9-8-15(2)11-16(19)3/h4-9,11-13H,1,10,14H2,2-3H3,(H,24,26)/b20-13+. The minimum Gasteiger partial charge on any atom is -0.490 e. The van der Waals surface area contributed by atoms with Gasteiger partial charge in [-0.3, -0.25) is 19.3 Å². The molecule has 1 aliphatic rings. The lowest BCUT2D eigenvalue weighted by atomic mass is 10.1. The number of benzene rings is 2. The third-order valence-corrected chi connectivity index (χ3v) is 5.26. The molecule has 0 saturated carbocycles. The minimum atomic E-state index is -0.488. The predicted molar refractivity (Wildman–Crippen MR) is 119 cm³/mol. The summed E-state index contributed by atoms with van der Waals surface area (Å²) in [4.78, 5) is 38.6. The summed E-state index contributed by atoms with van der Waals surface area (Å²) in [6, 6.07) is 12.8. The molecule has 0 atom stereocenters. The Bertz CT molecular complexity index is 1050. The number of hydrogen-bond donors (Lipinski definition) is 1. The summed E-state index contributed by atoms with van der Waals surface area (Å²) in [5.41, 5.74) is 3.38. The molecule has 0 spiro atoms. The SMILES string of the molecule is C=CCOc1cccc(/C=C2/SC(=O)N(CC(=O)Nc3ccc(C)cc3C)C2=O)c1. The van der Waals surface area contributed by atoms with Crippen molar-refractivity contribution >= 4 is 40.6 Å². The highest BCUT2D eigenvalue weighted by molar-refractivity contribution is 8.18. The zero-order chi connectivity index (χ0) is 21.7. The number of imide groups is 1. The van der Waals surface area contributed by atoms with Crippen LogP contribution in [0.15, 0.2) is 60.0 Å². The monoisotopic (exact) mass is 422 g/mol. The second-order valence-corrected chi connectivity index (χ2v) is 7.80. The predicted octanol–water partition coefficient (Wildman–Crippen LogP) is 4.54. The number of amides is 3. The lowest BCUT2D eigenvalue weighted by molar-refractivity contribution is -0.127. The Morgan fingerprint density at radius 2 is 2.00 bits per heavy atom. The van der Waals surface area contributed by atoms with Gasteiger partial charge in [0.1, 0.15) is 18.9 Å². The van der Waals surface area contributed by atoms with Crippen LogP contribution in [0.5, 0.6) is 5.75 Å². The van der Waals surface area contributed by atoms with Gasteiger partial charge in [-0.2, -0.15) is 0 Å². The fourth-order valence-electron chi connectivity index (χ4n) is 2.92. The topological polar surface area (TPSA) is 75.7 Å². The third-order valence-electron chi connectivity index (χ3n) is 4.36. The van der Waals surface area contributed by atoms with Crippen molar-refractivity contribution < 1.29 is 19.1 Å². The number of carbonyl (C=O) groups excluding carboxylic acids is 3. The summed E-state index contributed by atoms with van der Waals surface area (Å²) < 4.78 is 5.49. The summed E-state index contributed by atoms with van der Waals surface area (Å²) >= 11 is 0.815. The van der Waals surface area contributed by atoms with Crippen LogP contribution in [0.3, 0.4) is 0 Å². The minimum absolute atomic E-state index is 0.264. The lowest BCUT2D eigenvalue weighted by Crippen LogP contribution is -2.36. The van der Waals surface area contributed by atoms with Gasteiger partial charge in [0.25, 0.3) is 11.1 Å². The molecular weight excluding hydrogens is 400 g/mol. The molecule has 1 saturated heterocycles. The van der Waals surface area contributed by atoms with Gasteiger partial charge >= 0.3 is 0 Å². The first-order chi connectivity index (χ1) is 14.4. The molecule has 2 aromatic rings. The summed E-state index contributed by atoms with van der Waals surface area (Å²) in [6.45, 7) is 7.49. The number of nitrogens with zero attached hydrogens (tertiary/aromatic N) is 1. The molecule has 1 aliphatic heterocycles. The Morgan fingerprint density at radius 3 is 2.73 bits per heavy atom. The van der Waals surface area contributed by atoms with Crippen molar-refractivity contribution in [2.75, 3.05) is 18.5 Å². The van der Waals surface area contributed by atoms with E-state index in [1.807, 2.05) is 32.0 Å². The van der Waals surface area contributed by atoms with Gasteiger partial charge in [0, 0.05) is 5.69 Å². The zero-order valence-corrected chi connectivity index (χ0v) is 17.6. The van der Waals surface area contributed by atoms with E-state index in [9.17, 15) is 14.4 Å². The van der Waals surface area contributed by atoms with Crippen LogP contribution in [0.2, 0.25) is 0 Å². The number of nitrogens with one attached hydrogen (secondary N) is 1. The van der Waals surface area contributed by atoms with Crippen LogP contribution in [-0.2, 0) is 9.59 Å². The molecule has 1 heterocycles. The third kappa shape index (κ3) is 5.18. The largest absolute Gasteiger partial charge is 0.490 e. The molecule has 7 heteroatoms. The van der Waals surface area contributed by atoms with E-state index in [2.05, 4.69) is 11.9 Å². The zero-order valence-electron chi connectivity index (χ0n) is 16.8. The normalized spacial score (nSPS) is 14.9. The second-order valence-electron chi connectivity index (χ2n) is 6.81. The average Bonchev–Trinajstić information content (AvgIpc) is 2.96. The van der Waals surface area contributed by atoms with E-state index < -0.39 is 17.1 Å². The van der Waals surface area contributed by atoms with Crippen LogP contribution in [0.25, 0.3) is 6.08 Å². The van der Waals surface area contributed by atoms with Crippen LogP contribution in [0.1, 0.15) is 16.7 Å². The number of carbonyl (C=O) groups is 3. The lowest BCUT2D eigenvalue weighted by Gasteiger charge is -2.14. The van der Waals surface area contributed by atoms with E-state index in [0.717, 1.165) is 33.4 Å². The van der Waals surface area contributed by atoms with Crippen molar-refractivity contribution in [2.24, 2.45) is 0 Å². The maximum absolute atomic E-state index is 12.7. The summed E-state index contributed by atoms with van der Waals surface area (Å²) in [6.07, 6.45) is 3.26. The van der Waals surface area contributed by atoms with Crippen LogP contribution in [0, 0.1) is 13.8 Å². The Kier molecular flexibility index (Phi) is 6.74. The molecule has 3 amide bonds. The number of anilines is 1. The number of hydrogen-bond acceptors (Lipinski definition) is 5. The fraction of sp³-hybridized carbons (Fsp3) is 0.174. The molecule has 0 unspecified atom stereocenters. The van der Waals surface area contributed by atoms with Crippen LogP contribution >= 0.6 is 11.8 Å². The average molecular weight is 423 g/mol. The molecule has 30 heavy (non-hydrogen) atoms. The first kappa shape index (κ1) is 21.4. The van der Waals surface area contributed by atoms with Gasteiger partial charge in [-0.25, -0.2) is 0 Å². The maximum atomic E-state index is 12.7. The van der Waals surface area contributed by atoms with Gasteiger partial charge in [-0.15, -0.1) is 0 Å². The molecule has 2 aromatic carbocycles. The Balaban J connectivity index is 1.69. The second kappa shape index (κ2) is 9.45. The molecule has 0 aliphatic carbocycles. The van der Waals surface area contributed by atoms with Gasteiger partial charge < -0.3 is 10.1 Å². The molecule has 1 N–H and O–H groups in total. The highest BCUT2D eigenvalue weighted by Gasteiger charge is 2.36. The molecule has 0 bridgehead atoms. The van der Waals surface area contributed by atoms with E-state index in [1.54, 1.807) is 36.4 Å². The van der Waals surface area contributed by atoms with E-state index in [1.165, 1.54) is 0 Å². The molecule has 154 valence electrons. The van der Waals surface area contributed by atoms with Crippen LogP contribution in [0.4, 0.5) is 10.5 Å². The molecule has 0 radical (unpaired) electrons. The van der Waals surface area contributed by atoms with Crippen molar-refractivity contribution in [1.29, 1.82) is 0 Å². The molecule has 1 fully saturated rings. The fourth-order valence-corrected chi connectivity index (χ4v) is 3.76. The Hall–Kier alpha value is -3.32. The highest BCUT2D eigenvalue weighted by Crippen LogP contribution is 2.32.